The van der Waals surface area contributed by atoms with Crippen LogP contribution in [0.1, 0.15) is 51.0 Å². The van der Waals surface area contributed by atoms with E-state index < -0.39 is 0 Å². The summed E-state index contributed by atoms with van der Waals surface area (Å²) in [6.07, 6.45) is 12.4. The maximum absolute atomic E-state index is 6.65. The Morgan fingerprint density at radius 2 is 2.05 bits per heavy atom. The highest BCUT2D eigenvalue weighted by Crippen LogP contribution is 2.53. The highest BCUT2D eigenvalue weighted by atomic mass is 16.6. The molecule has 3 aliphatic rings. The van der Waals surface area contributed by atoms with Crippen LogP contribution in [0.4, 0.5) is 0 Å². The molecule has 1 aliphatic carbocycles. The maximum Gasteiger partial charge on any atom is 0.110 e. The molecule has 2 aliphatic heterocycles. The molecule has 0 radical (unpaired) electrons. The summed E-state index contributed by atoms with van der Waals surface area (Å²) in [5, 5.41) is 0. The Hall–Kier alpha value is -1.12. The molecule has 0 aromatic heterocycles. The molecule has 2 bridgehead atoms. The fourth-order valence-corrected chi connectivity index (χ4v) is 4.57. The van der Waals surface area contributed by atoms with Gasteiger partial charge in [0.15, 0.2) is 0 Å². The topological polar surface area (TPSA) is 18.5 Å². The van der Waals surface area contributed by atoms with Gasteiger partial charge >= 0.3 is 0 Å². The van der Waals surface area contributed by atoms with Crippen molar-refractivity contribution in [2.75, 3.05) is 0 Å². The zero-order chi connectivity index (χ0) is 15.0. The minimum atomic E-state index is -0.240. The molecule has 1 saturated carbocycles. The maximum atomic E-state index is 6.65. The molecular weight excluding hydrogens is 272 g/mol. The summed E-state index contributed by atoms with van der Waals surface area (Å²) in [5.74, 6) is 0.591. The fraction of sp³-hybridized carbons (Fsp3) is 0.600. The Morgan fingerprint density at radius 3 is 2.91 bits per heavy atom. The number of rotatable bonds is 3. The zero-order valence-corrected chi connectivity index (χ0v) is 13.5. The van der Waals surface area contributed by atoms with E-state index in [-0.39, 0.29) is 17.3 Å². The predicted octanol–water partition coefficient (Wildman–Crippen LogP) is 4.64. The average molecular weight is 298 g/mol. The first-order valence-electron chi connectivity index (χ1n) is 8.75. The predicted molar refractivity (Wildman–Crippen MR) is 87.6 cm³/mol. The van der Waals surface area contributed by atoms with Crippen molar-refractivity contribution in [2.24, 2.45) is 5.92 Å². The van der Waals surface area contributed by atoms with Gasteiger partial charge in [0.25, 0.3) is 0 Å². The van der Waals surface area contributed by atoms with Gasteiger partial charge in [-0.1, -0.05) is 61.7 Å². The number of fused-ring (bicyclic) bond motifs is 1. The SMILES string of the molecule is C[C@]12C=CC3CCCCC[C@@]3(C[C@H]1OCc1ccccc1)O2. The third kappa shape index (κ3) is 2.43. The lowest BCUT2D eigenvalue weighted by Crippen LogP contribution is -2.43. The van der Waals surface area contributed by atoms with Crippen molar-refractivity contribution in [3.8, 4) is 0 Å². The standard InChI is InChI=1S/C20H26O2/c1-19-13-11-17-10-6-3-7-12-20(17,22-19)14-18(19)21-15-16-8-4-2-5-9-16/h2,4-5,8-9,11,13,17-18H,3,6-7,10,12,14-15H2,1H3/t17?,18-,19+,20+/m1/s1. The third-order valence-electron chi connectivity index (χ3n) is 5.84. The van der Waals surface area contributed by atoms with Crippen molar-refractivity contribution in [2.45, 2.75) is 69.4 Å². The molecule has 1 unspecified atom stereocenters. The second kappa shape index (κ2) is 5.50. The monoisotopic (exact) mass is 298 g/mol. The van der Waals surface area contributed by atoms with Crippen molar-refractivity contribution in [3.05, 3.63) is 48.0 Å². The van der Waals surface area contributed by atoms with E-state index in [9.17, 15) is 0 Å². The Kier molecular flexibility index (Phi) is 3.62. The van der Waals surface area contributed by atoms with Crippen LogP contribution in [0.25, 0.3) is 0 Å². The third-order valence-corrected chi connectivity index (χ3v) is 5.84. The van der Waals surface area contributed by atoms with Gasteiger partial charge in [0.05, 0.1) is 18.3 Å². The van der Waals surface area contributed by atoms with Crippen LogP contribution in [0.2, 0.25) is 0 Å². The highest BCUT2D eigenvalue weighted by molar-refractivity contribution is 5.22. The van der Waals surface area contributed by atoms with Crippen LogP contribution in [0.5, 0.6) is 0 Å². The van der Waals surface area contributed by atoms with E-state index in [1.165, 1.54) is 37.7 Å². The van der Waals surface area contributed by atoms with Gasteiger partial charge in [-0.15, -0.1) is 0 Å². The van der Waals surface area contributed by atoms with Gasteiger partial charge in [-0.05, 0) is 25.3 Å². The van der Waals surface area contributed by atoms with Crippen LogP contribution in [-0.2, 0) is 16.1 Å². The Labute approximate surface area is 133 Å². The molecule has 118 valence electrons. The summed E-state index contributed by atoms with van der Waals surface area (Å²) in [6.45, 7) is 2.88. The second-order valence-corrected chi connectivity index (χ2v) is 7.40. The number of benzene rings is 1. The van der Waals surface area contributed by atoms with Gasteiger partial charge in [0, 0.05) is 12.3 Å². The van der Waals surface area contributed by atoms with E-state index in [1.807, 2.05) is 6.07 Å². The van der Waals surface area contributed by atoms with Crippen molar-refractivity contribution < 1.29 is 9.47 Å². The molecule has 4 atom stereocenters. The largest absolute Gasteiger partial charge is 0.370 e. The summed E-state index contributed by atoms with van der Waals surface area (Å²) in [6, 6.07) is 10.5. The number of hydrogen-bond donors (Lipinski definition) is 0. The van der Waals surface area contributed by atoms with Crippen molar-refractivity contribution in [3.63, 3.8) is 0 Å². The van der Waals surface area contributed by atoms with E-state index in [0.717, 1.165) is 6.42 Å². The van der Waals surface area contributed by atoms with Crippen LogP contribution in [-0.4, -0.2) is 17.3 Å². The molecule has 1 aromatic carbocycles. The fourth-order valence-electron chi connectivity index (χ4n) is 4.57. The van der Waals surface area contributed by atoms with E-state index in [2.05, 4.69) is 43.3 Å². The van der Waals surface area contributed by atoms with E-state index in [0.29, 0.717) is 12.5 Å². The molecule has 1 spiro atoms. The quantitative estimate of drug-likeness (QED) is 0.757. The molecule has 4 rings (SSSR count). The van der Waals surface area contributed by atoms with Gasteiger partial charge in [0.2, 0.25) is 0 Å². The highest BCUT2D eigenvalue weighted by Gasteiger charge is 2.58. The molecule has 1 saturated heterocycles. The second-order valence-electron chi connectivity index (χ2n) is 7.40. The van der Waals surface area contributed by atoms with Gasteiger partial charge in [-0.25, -0.2) is 0 Å². The van der Waals surface area contributed by atoms with Crippen LogP contribution < -0.4 is 0 Å². The number of hydrogen-bond acceptors (Lipinski definition) is 2. The number of ether oxygens (including phenoxy) is 2. The summed E-state index contributed by atoms with van der Waals surface area (Å²) in [7, 11) is 0. The lowest BCUT2D eigenvalue weighted by Gasteiger charge is -2.40. The molecule has 0 amide bonds. The van der Waals surface area contributed by atoms with Crippen LogP contribution in [0, 0.1) is 5.92 Å². The lowest BCUT2D eigenvalue weighted by atomic mass is 9.81. The van der Waals surface area contributed by atoms with Gasteiger partial charge in [-0.3, -0.25) is 0 Å². The zero-order valence-electron chi connectivity index (χ0n) is 13.5. The normalized spacial score (nSPS) is 40.2. The van der Waals surface area contributed by atoms with Crippen LogP contribution >= 0.6 is 0 Å². The summed E-state index contributed by atoms with van der Waals surface area (Å²) >= 11 is 0. The summed E-state index contributed by atoms with van der Waals surface area (Å²) in [4.78, 5) is 0. The Bertz CT molecular complexity index is 552. The Balaban J connectivity index is 1.52. The molecule has 2 heterocycles. The van der Waals surface area contributed by atoms with Gasteiger partial charge in [-0.2, -0.15) is 0 Å². The molecule has 1 aromatic rings. The van der Waals surface area contributed by atoms with Crippen LogP contribution in [0.15, 0.2) is 42.5 Å². The van der Waals surface area contributed by atoms with Crippen molar-refractivity contribution in [1.82, 2.24) is 0 Å². The van der Waals surface area contributed by atoms with Crippen molar-refractivity contribution in [1.29, 1.82) is 0 Å². The molecule has 0 N–H and O–H groups in total. The van der Waals surface area contributed by atoms with Gasteiger partial charge < -0.3 is 9.47 Å². The minimum Gasteiger partial charge on any atom is -0.370 e. The van der Waals surface area contributed by atoms with Gasteiger partial charge in [0.1, 0.15) is 5.60 Å². The van der Waals surface area contributed by atoms with Crippen molar-refractivity contribution >= 4 is 0 Å². The molecule has 2 fully saturated rings. The minimum absolute atomic E-state index is 0.0430. The first kappa shape index (κ1) is 14.5. The first-order chi connectivity index (χ1) is 10.7. The molecule has 2 nitrogen and oxygen atoms in total. The molecule has 2 heteroatoms. The summed E-state index contributed by atoms with van der Waals surface area (Å²) in [5.41, 5.74) is 1.04. The summed E-state index contributed by atoms with van der Waals surface area (Å²) < 4.78 is 13.0. The lowest BCUT2D eigenvalue weighted by molar-refractivity contribution is -0.127. The van der Waals surface area contributed by atoms with E-state index >= 15 is 0 Å². The van der Waals surface area contributed by atoms with E-state index in [1.54, 1.807) is 0 Å². The van der Waals surface area contributed by atoms with Crippen LogP contribution in [0.3, 0.4) is 0 Å². The molecular formula is C20H26O2. The molecule has 22 heavy (non-hydrogen) atoms. The first-order valence-corrected chi connectivity index (χ1v) is 8.75. The smallest absolute Gasteiger partial charge is 0.110 e. The average Bonchev–Trinajstić information content (AvgIpc) is 2.65. The Morgan fingerprint density at radius 1 is 1.18 bits per heavy atom. The van der Waals surface area contributed by atoms with E-state index in [4.69, 9.17) is 9.47 Å².